The standard InChI is InChI=1S/C9H20O2.C7H14O/c1-7(2)8(10-6)11-9(3,4)5;1-8-7-5-3-2-4-6-7/h7-8H,1-6H3;7H,2-6H2,1H3. The van der Waals surface area contributed by atoms with Crippen LogP contribution in [0.3, 0.4) is 0 Å². The third-order valence-corrected chi connectivity index (χ3v) is 3.13. The first-order valence-electron chi connectivity index (χ1n) is 7.53. The molecular formula is C16H34O3. The molecule has 1 atom stereocenters. The van der Waals surface area contributed by atoms with Crippen molar-refractivity contribution in [2.24, 2.45) is 5.92 Å². The smallest absolute Gasteiger partial charge is 0.160 e. The summed E-state index contributed by atoms with van der Waals surface area (Å²) in [5.41, 5.74) is -0.120. The number of hydrogen-bond acceptors (Lipinski definition) is 3. The van der Waals surface area contributed by atoms with Gasteiger partial charge in [-0.25, -0.2) is 0 Å². The van der Waals surface area contributed by atoms with E-state index in [1.54, 1.807) is 7.11 Å². The molecule has 0 aromatic heterocycles. The summed E-state index contributed by atoms with van der Waals surface area (Å²) < 4.78 is 16.0. The second-order valence-corrected chi connectivity index (χ2v) is 6.57. The van der Waals surface area contributed by atoms with Crippen molar-refractivity contribution < 1.29 is 14.2 Å². The first kappa shape index (κ1) is 18.9. The minimum absolute atomic E-state index is 0.0880. The normalized spacial score (nSPS) is 18.9. The van der Waals surface area contributed by atoms with Crippen molar-refractivity contribution in [1.29, 1.82) is 0 Å². The van der Waals surface area contributed by atoms with E-state index in [0.29, 0.717) is 12.0 Å². The predicted octanol–water partition coefficient (Wildman–Crippen LogP) is 4.40. The molecule has 3 heteroatoms. The fraction of sp³-hybridized carbons (Fsp3) is 1.00. The van der Waals surface area contributed by atoms with Crippen LogP contribution in [-0.2, 0) is 14.2 Å². The Balaban J connectivity index is 0.000000356. The van der Waals surface area contributed by atoms with Crippen molar-refractivity contribution in [3.8, 4) is 0 Å². The molecule has 0 bridgehead atoms. The summed E-state index contributed by atoms with van der Waals surface area (Å²) in [6.45, 7) is 10.3. The molecule has 0 saturated heterocycles. The van der Waals surface area contributed by atoms with E-state index in [4.69, 9.17) is 14.2 Å². The Morgan fingerprint density at radius 3 is 1.68 bits per heavy atom. The highest BCUT2D eigenvalue weighted by Gasteiger charge is 2.20. The van der Waals surface area contributed by atoms with Gasteiger partial charge in [0, 0.05) is 20.1 Å². The first-order chi connectivity index (χ1) is 8.80. The van der Waals surface area contributed by atoms with Crippen LogP contribution < -0.4 is 0 Å². The second-order valence-electron chi connectivity index (χ2n) is 6.57. The van der Waals surface area contributed by atoms with Crippen LogP contribution >= 0.6 is 0 Å². The van der Waals surface area contributed by atoms with E-state index >= 15 is 0 Å². The summed E-state index contributed by atoms with van der Waals surface area (Å²) in [5, 5.41) is 0. The molecule has 0 heterocycles. The SMILES string of the molecule is COC(OC(C)(C)C)C(C)C.COC1CCCCC1. The van der Waals surface area contributed by atoms with E-state index < -0.39 is 0 Å². The number of rotatable bonds is 4. The second kappa shape index (κ2) is 9.73. The molecular weight excluding hydrogens is 240 g/mol. The first-order valence-corrected chi connectivity index (χ1v) is 7.53. The summed E-state index contributed by atoms with van der Waals surface area (Å²) >= 11 is 0. The Labute approximate surface area is 120 Å². The Kier molecular flexibility index (Phi) is 9.67. The molecule has 19 heavy (non-hydrogen) atoms. The van der Waals surface area contributed by atoms with Crippen molar-refractivity contribution in [3.63, 3.8) is 0 Å². The van der Waals surface area contributed by atoms with Gasteiger partial charge in [-0.05, 0) is 33.6 Å². The van der Waals surface area contributed by atoms with Crippen molar-refractivity contribution in [3.05, 3.63) is 0 Å². The third-order valence-electron chi connectivity index (χ3n) is 3.13. The lowest BCUT2D eigenvalue weighted by Gasteiger charge is -2.28. The number of hydrogen-bond donors (Lipinski definition) is 0. The fourth-order valence-corrected chi connectivity index (χ4v) is 2.11. The van der Waals surface area contributed by atoms with Gasteiger partial charge in [0.05, 0.1) is 11.7 Å². The van der Waals surface area contributed by atoms with E-state index in [0.717, 1.165) is 0 Å². The molecule has 0 N–H and O–H groups in total. The molecule has 1 fully saturated rings. The fourth-order valence-electron chi connectivity index (χ4n) is 2.11. The zero-order chi connectivity index (χ0) is 14.9. The molecule has 116 valence electrons. The molecule has 0 amide bonds. The van der Waals surface area contributed by atoms with Gasteiger partial charge in [-0.2, -0.15) is 0 Å². The van der Waals surface area contributed by atoms with Gasteiger partial charge in [0.15, 0.2) is 6.29 Å². The van der Waals surface area contributed by atoms with Crippen molar-refractivity contribution >= 4 is 0 Å². The molecule has 1 rings (SSSR count). The monoisotopic (exact) mass is 274 g/mol. The molecule has 0 aliphatic heterocycles. The minimum atomic E-state index is -0.120. The molecule has 0 aromatic rings. The van der Waals surface area contributed by atoms with Crippen LogP contribution in [0.4, 0.5) is 0 Å². The summed E-state index contributed by atoms with van der Waals surface area (Å²) in [7, 11) is 3.49. The lowest BCUT2D eigenvalue weighted by atomic mass is 9.98. The van der Waals surface area contributed by atoms with E-state index in [-0.39, 0.29) is 11.9 Å². The molecule has 1 saturated carbocycles. The van der Waals surface area contributed by atoms with E-state index in [2.05, 4.69) is 13.8 Å². The Morgan fingerprint density at radius 2 is 1.47 bits per heavy atom. The van der Waals surface area contributed by atoms with Crippen LogP contribution in [0, 0.1) is 5.92 Å². The average Bonchev–Trinajstić information content (AvgIpc) is 2.36. The number of methoxy groups -OCH3 is 2. The van der Waals surface area contributed by atoms with Crippen molar-refractivity contribution in [2.45, 2.75) is 84.7 Å². The quantitative estimate of drug-likeness (QED) is 0.711. The van der Waals surface area contributed by atoms with Gasteiger partial charge in [0.2, 0.25) is 0 Å². The third kappa shape index (κ3) is 10.3. The van der Waals surface area contributed by atoms with E-state index in [1.165, 1.54) is 32.1 Å². The molecule has 0 aromatic carbocycles. The maximum absolute atomic E-state index is 5.63. The molecule has 3 nitrogen and oxygen atoms in total. The summed E-state index contributed by atoms with van der Waals surface area (Å²) in [6.07, 6.45) is 7.24. The maximum Gasteiger partial charge on any atom is 0.160 e. The van der Waals surface area contributed by atoms with Gasteiger partial charge < -0.3 is 14.2 Å². The number of ether oxygens (including phenoxy) is 3. The van der Waals surface area contributed by atoms with Gasteiger partial charge in [-0.1, -0.05) is 33.1 Å². The van der Waals surface area contributed by atoms with Gasteiger partial charge in [-0.3, -0.25) is 0 Å². The topological polar surface area (TPSA) is 27.7 Å². The zero-order valence-electron chi connectivity index (χ0n) is 14.0. The lowest BCUT2D eigenvalue weighted by molar-refractivity contribution is -0.201. The summed E-state index contributed by atoms with van der Waals surface area (Å²) in [5.74, 6) is 0.402. The molecule has 1 aliphatic rings. The average molecular weight is 274 g/mol. The Morgan fingerprint density at radius 1 is 0.947 bits per heavy atom. The van der Waals surface area contributed by atoms with Crippen molar-refractivity contribution in [2.75, 3.05) is 14.2 Å². The van der Waals surface area contributed by atoms with Gasteiger partial charge in [0.1, 0.15) is 0 Å². The highest BCUT2D eigenvalue weighted by molar-refractivity contribution is 4.63. The van der Waals surface area contributed by atoms with Crippen molar-refractivity contribution in [1.82, 2.24) is 0 Å². The maximum atomic E-state index is 5.63. The van der Waals surface area contributed by atoms with E-state index in [9.17, 15) is 0 Å². The Hall–Kier alpha value is -0.120. The molecule has 1 unspecified atom stereocenters. The molecule has 0 radical (unpaired) electrons. The van der Waals surface area contributed by atoms with Crippen LogP contribution in [0.15, 0.2) is 0 Å². The van der Waals surface area contributed by atoms with Gasteiger partial charge in [-0.15, -0.1) is 0 Å². The highest BCUT2D eigenvalue weighted by Crippen LogP contribution is 2.19. The predicted molar refractivity (Wildman–Crippen MR) is 80.4 cm³/mol. The van der Waals surface area contributed by atoms with Crippen LogP contribution in [0.1, 0.15) is 66.7 Å². The minimum Gasteiger partial charge on any atom is -0.381 e. The van der Waals surface area contributed by atoms with Crippen LogP contribution in [0.5, 0.6) is 0 Å². The largest absolute Gasteiger partial charge is 0.381 e. The molecule has 0 spiro atoms. The van der Waals surface area contributed by atoms with Gasteiger partial charge >= 0.3 is 0 Å². The summed E-state index contributed by atoms with van der Waals surface area (Å²) in [4.78, 5) is 0. The lowest BCUT2D eigenvalue weighted by Crippen LogP contribution is -2.32. The van der Waals surface area contributed by atoms with Crippen LogP contribution in [0.2, 0.25) is 0 Å². The van der Waals surface area contributed by atoms with Crippen LogP contribution in [-0.4, -0.2) is 32.2 Å². The van der Waals surface area contributed by atoms with Gasteiger partial charge in [0.25, 0.3) is 0 Å². The zero-order valence-corrected chi connectivity index (χ0v) is 14.0. The van der Waals surface area contributed by atoms with Crippen LogP contribution in [0.25, 0.3) is 0 Å². The molecule has 1 aliphatic carbocycles. The Bertz CT molecular complexity index is 203. The summed E-state index contributed by atoms with van der Waals surface area (Å²) in [6, 6.07) is 0. The highest BCUT2D eigenvalue weighted by atomic mass is 16.7. The van der Waals surface area contributed by atoms with E-state index in [1.807, 2.05) is 27.9 Å².